The van der Waals surface area contributed by atoms with Gasteiger partial charge >= 0.3 is 0 Å². The zero-order chi connectivity index (χ0) is 11.3. The number of rotatable bonds is 5. The summed E-state index contributed by atoms with van der Waals surface area (Å²) in [5, 5.41) is 2.45. The SMILES string of the molecule is COc1cccc(CNCC(F)F)c1F. The van der Waals surface area contributed by atoms with Crippen molar-refractivity contribution in [3.05, 3.63) is 29.6 Å². The highest BCUT2D eigenvalue weighted by molar-refractivity contribution is 5.30. The molecule has 0 atom stereocenters. The third-order valence-electron chi connectivity index (χ3n) is 1.88. The van der Waals surface area contributed by atoms with Crippen molar-refractivity contribution in [1.82, 2.24) is 5.32 Å². The predicted octanol–water partition coefficient (Wildman–Crippen LogP) is 2.19. The smallest absolute Gasteiger partial charge is 0.250 e. The molecule has 15 heavy (non-hydrogen) atoms. The molecule has 0 aliphatic heterocycles. The molecule has 0 heterocycles. The number of nitrogens with one attached hydrogen (secondary N) is 1. The highest BCUT2D eigenvalue weighted by atomic mass is 19.3. The van der Waals surface area contributed by atoms with E-state index in [-0.39, 0.29) is 12.3 Å². The molecule has 84 valence electrons. The first-order valence-electron chi connectivity index (χ1n) is 4.45. The quantitative estimate of drug-likeness (QED) is 0.819. The molecule has 0 fully saturated rings. The fourth-order valence-electron chi connectivity index (χ4n) is 1.17. The van der Waals surface area contributed by atoms with E-state index in [2.05, 4.69) is 5.32 Å². The summed E-state index contributed by atoms with van der Waals surface area (Å²) in [6, 6.07) is 4.61. The molecule has 0 radical (unpaired) electrons. The van der Waals surface area contributed by atoms with Crippen LogP contribution in [-0.2, 0) is 6.54 Å². The zero-order valence-corrected chi connectivity index (χ0v) is 8.27. The number of alkyl halides is 2. The maximum atomic E-state index is 13.4. The second-order valence-corrected chi connectivity index (χ2v) is 2.96. The van der Waals surface area contributed by atoms with Gasteiger partial charge in [0.2, 0.25) is 0 Å². The number of methoxy groups -OCH3 is 1. The summed E-state index contributed by atoms with van der Waals surface area (Å²) in [5.74, 6) is -0.395. The van der Waals surface area contributed by atoms with Gasteiger partial charge in [0.05, 0.1) is 13.7 Å². The van der Waals surface area contributed by atoms with Crippen molar-refractivity contribution in [2.24, 2.45) is 0 Å². The van der Waals surface area contributed by atoms with Crippen LogP contribution in [0.15, 0.2) is 18.2 Å². The Morgan fingerprint density at radius 1 is 1.40 bits per heavy atom. The van der Waals surface area contributed by atoms with E-state index in [4.69, 9.17) is 4.74 Å². The van der Waals surface area contributed by atoms with E-state index >= 15 is 0 Å². The van der Waals surface area contributed by atoms with E-state index in [1.165, 1.54) is 19.2 Å². The molecule has 0 spiro atoms. The predicted molar refractivity (Wildman–Crippen MR) is 50.7 cm³/mol. The lowest BCUT2D eigenvalue weighted by molar-refractivity contribution is 0.145. The monoisotopic (exact) mass is 219 g/mol. The normalized spacial score (nSPS) is 10.7. The fourth-order valence-corrected chi connectivity index (χ4v) is 1.17. The zero-order valence-electron chi connectivity index (χ0n) is 8.27. The van der Waals surface area contributed by atoms with Gasteiger partial charge in [0.1, 0.15) is 0 Å². The first kappa shape index (κ1) is 11.8. The Balaban J connectivity index is 2.61. The number of benzene rings is 1. The first-order valence-corrected chi connectivity index (χ1v) is 4.45. The minimum Gasteiger partial charge on any atom is -0.494 e. The van der Waals surface area contributed by atoms with Crippen molar-refractivity contribution in [1.29, 1.82) is 0 Å². The highest BCUT2D eigenvalue weighted by Gasteiger charge is 2.08. The third kappa shape index (κ3) is 3.43. The summed E-state index contributed by atoms with van der Waals surface area (Å²) in [5.41, 5.74) is 0.315. The van der Waals surface area contributed by atoms with Crippen LogP contribution in [0, 0.1) is 5.82 Å². The summed E-state index contributed by atoms with van der Waals surface area (Å²) in [6.45, 7) is -0.385. The first-order chi connectivity index (χ1) is 7.15. The van der Waals surface area contributed by atoms with Gasteiger partial charge in [-0.15, -0.1) is 0 Å². The van der Waals surface area contributed by atoms with Crippen molar-refractivity contribution in [3.63, 3.8) is 0 Å². The van der Waals surface area contributed by atoms with Crippen LogP contribution in [-0.4, -0.2) is 20.1 Å². The molecule has 5 heteroatoms. The molecule has 0 saturated carbocycles. The standard InChI is InChI=1S/C10H12F3NO/c1-15-8-4-2-3-7(10(8)13)5-14-6-9(11)12/h2-4,9,14H,5-6H2,1H3. The van der Waals surface area contributed by atoms with Gasteiger partial charge in [-0.25, -0.2) is 13.2 Å². The van der Waals surface area contributed by atoms with Crippen LogP contribution >= 0.6 is 0 Å². The molecule has 0 bridgehead atoms. The van der Waals surface area contributed by atoms with E-state index in [9.17, 15) is 13.2 Å². The van der Waals surface area contributed by atoms with Gasteiger partial charge in [0.15, 0.2) is 11.6 Å². The van der Waals surface area contributed by atoms with E-state index in [1.807, 2.05) is 0 Å². The summed E-state index contributed by atoms with van der Waals surface area (Å²) in [4.78, 5) is 0. The van der Waals surface area contributed by atoms with Crippen LogP contribution in [0.1, 0.15) is 5.56 Å². The maximum absolute atomic E-state index is 13.4. The van der Waals surface area contributed by atoms with Gasteiger partial charge in [0.25, 0.3) is 6.43 Å². The van der Waals surface area contributed by atoms with Crippen molar-refractivity contribution < 1.29 is 17.9 Å². The van der Waals surface area contributed by atoms with Crippen molar-refractivity contribution in [2.75, 3.05) is 13.7 Å². The molecule has 0 aromatic heterocycles. The Morgan fingerprint density at radius 2 is 2.13 bits per heavy atom. The van der Waals surface area contributed by atoms with Crippen molar-refractivity contribution in [2.45, 2.75) is 13.0 Å². The lowest BCUT2D eigenvalue weighted by atomic mass is 10.2. The minimum atomic E-state index is -2.43. The molecule has 1 aromatic carbocycles. The van der Waals surface area contributed by atoms with E-state index < -0.39 is 18.8 Å². The van der Waals surface area contributed by atoms with Gasteiger partial charge in [-0.2, -0.15) is 0 Å². The minimum absolute atomic E-state index is 0.0629. The average molecular weight is 219 g/mol. The molecular weight excluding hydrogens is 207 g/mol. The number of ether oxygens (including phenoxy) is 1. The topological polar surface area (TPSA) is 21.3 Å². The maximum Gasteiger partial charge on any atom is 0.250 e. The van der Waals surface area contributed by atoms with Crippen LogP contribution in [0.4, 0.5) is 13.2 Å². The average Bonchev–Trinajstić information content (AvgIpc) is 2.20. The lowest BCUT2D eigenvalue weighted by Gasteiger charge is -2.08. The fraction of sp³-hybridized carbons (Fsp3) is 0.400. The van der Waals surface area contributed by atoms with E-state index in [0.717, 1.165) is 0 Å². The van der Waals surface area contributed by atoms with Gasteiger partial charge < -0.3 is 10.1 Å². The largest absolute Gasteiger partial charge is 0.494 e. The summed E-state index contributed by atoms with van der Waals surface area (Å²) < 4.78 is 41.8. The summed E-state index contributed by atoms with van der Waals surface area (Å²) in [7, 11) is 1.36. The number of hydrogen-bond donors (Lipinski definition) is 1. The molecule has 0 saturated heterocycles. The van der Waals surface area contributed by atoms with Crippen LogP contribution < -0.4 is 10.1 Å². The Bertz CT molecular complexity index is 318. The van der Waals surface area contributed by atoms with Gasteiger partial charge in [-0.3, -0.25) is 0 Å². The molecule has 2 nitrogen and oxygen atoms in total. The molecule has 0 aliphatic carbocycles. The molecule has 0 amide bonds. The molecule has 0 aliphatic rings. The van der Waals surface area contributed by atoms with Crippen molar-refractivity contribution in [3.8, 4) is 5.75 Å². The number of halogens is 3. The van der Waals surface area contributed by atoms with Crippen molar-refractivity contribution >= 4 is 0 Å². The summed E-state index contributed by atoms with van der Waals surface area (Å²) >= 11 is 0. The molecule has 1 rings (SSSR count). The lowest BCUT2D eigenvalue weighted by Crippen LogP contribution is -2.21. The molecular formula is C10H12F3NO. The molecule has 1 aromatic rings. The van der Waals surface area contributed by atoms with Gasteiger partial charge in [-0.05, 0) is 6.07 Å². The highest BCUT2D eigenvalue weighted by Crippen LogP contribution is 2.19. The van der Waals surface area contributed by atoms with Crippen LogP contribution in [0.3, 0.4) is 0 Å². The molecule has 0 unspecified atom stereocenters. The molecule has 1 N–H and O–H groups in total. The van der Waals surface area contributed by atoms with E-state index in [0.29, 0.717) is 5.56 Å². The Kier molecular flexibility index (Phi) is 4.42. The van der Waals surface area contributed by atoms with Gasteiger partial charge in [0, 0.05) is 12.1 Å². The van der Waals surface area contributed by atoms with Crippen LogP contribution in [0.5, 0.6) is 5.75 Å². The van der Waals surface area contributed by atoms with Gasteiger partial charge in [-0.1, -0.05) is 12.1 Å². The Morgan fingerprint density at radius 3 is 2.73 bits per heavy atom. The van der Waals surface area contributed by atoms with E-state index in [1.54, 1.807) is 6.07 Å². The number of hydrogen-bond acceptors (Lipinski definition) is 2. The summed E-state index contributed by atoms with van der Waals surface area (Å²) in [6.07, 6.45) is -2.43. The second-order valence-electron chi connectivity index (χ2n) is 2.96. The Hall–Kier alpha value is -1.23. The van der Waals surface area contributed by atoms with Crippen LogP contribution in [0.25, 0.3) is 0 Å². The third-order valence-corrected chi connectivity index (χ3v) is 1.88. The van der Waals surface area contributed by atoms with Crippen LogP contribution in [0.2, 0.25) is 0 Å². The second kappa shape index (κ2) is 5.60. The Labute approximate surface area is 86.1 Å².